The molecule has 2 unspecified atom stereocenters. The van der Waals surface area contributed by atoms with Crippen LogP contribution >= 0.6 is 0 Å². The highest BCUT2D eigenvalue weighted by Crippen LogP contribution is 2.51. The van der Waals surface area contributed by atoms with Crippen molar-refractivity contribution in [1.82, 2.24) is 10.3 Å². The van der Waals surface area contributed by atoms with E-state index in [4.69, 9.17) is 4.99 Å². The zero-order valence-corrected chi connectivity index (χ0v) is 21.3. The number of nitrogens with one attached hydrogen (secondary N) is 1. The molecule has 0 bridgehead atoms. The Morgan fingerprint density at radius 1 is 0.821 bits per heavy atom. The van der Waals surface area contributed by atoms with Gasteiger partial charge in [-0.3, -0.25) is 9.98 Å². The largest absolute Gasteiger partial charge is 0.387 e. The van der Waals surface area contributed by atoms with E-state index in [-0.39, 0.29) is 12.0 Å². The molecule has 3 heterocycles. The second kappa shape index (κ2) is 8.81. The van der Waals surface area contributed by atoms with Gasteiger partial charge < -0.3 is 10.2 Å². The third-order valence-electron chi connectivity index (χ3n) is 8.17. The fourth-order valence-corrected chi connectivity index (χ4v) is 6.41. The quantitative estimate of drug-likeness (QED) is 0.498. The first-order valence-electron chi connectivity index (χ1n) is 13.4. The predicted octanol–water partition coefficient (Wildman–Crippen LogP) is 6.84. The van der Waals surface area contributed by atoms with Crippen LogP contribution in [0.1, 0.15) is 5.56 Å². The molecule has 4 heteroatoms. The molecule has 0 fully saturated rings. The maximum absolute atomic E-state index is 4.83. The van der Waals surface area contributed by atoms with Gasteiger partial charge in [-0.15, -0.1) is 0 Å². The van der Waals surface area contributed by atoms with Crippen LogP contribution in [-0.2, 0) is 0 Å². The third kappa shape index (κ3) is 3.52. The number of hydrogen-bond acceptors (Lipinski definition) is 4. The Morgan fingerprint density at radius 2 is 1.69 bits per heavy atom. The summed E-state index contributed by atoms with van der Waals surface area (Å²) in [6, 6.07) is 13.2. The number of aliphatic imine (C=N–C) groups is 1. The maximum Gasteiger partial charge on any atom is 0.100 e. The van der Waals surface area contributed by atoms with E-state index in [9.17, 15) is 0 Å². The number of pyridine rings is 1. The van der Waals surface area contributed by atoms with E-state index >= 15 is 0 Å². The summed E-state index contributed by atoms with van der Waals surface area (Å²) in [5.41, 5.74) is 13.9. The van der Waals surface area contributed by atoms with Gasteiger partial charge in [-0.25, -0.2) is 0 Å². The molecule has 0 spiro atoms. The number of fused-ring (bicyclic) bond motifs is 2. The van der Waals surface area contributed by atoms with Crippen molar-refractivity contribution >= 4 is 23.2 Å². The zero-order chi connectivity index (χ0) is 25.8. The lowest BCUT2D eigenvalue weighted by atomic mass is 9.65. The van der Waals surface area contributed by atoms with Gasteiger partial charge in [0.1, 0.15) is 6.04 Å². The van der Waals surface area contributed by atoms with Gasteiger partial charge in [0.2, 0.25) is 0 Å². The lowest BCUT2D eigenvalue weighted by Crippen LogP contribution is -2.29. The van der Waals surface area contributed by atoms with Crippen molar-refractivity contribution in [3.8, 4) is 0 Å². The molecule has 1 N–H and O–H groups in total. The van der Waals surface area contributed by atoms with Crippen LogP contribution in [0, 0.1) is 5.92 Å². The lowest BCUT2D eigenvalue weighted by Gasteiger charge is -2.39. The van der Waals surface area contributed by atoms with Gasteiger partial charge in [-0.05, 0) is 99.3 Å². The summed E-state index contributed by atoms with van der Waals surface area (Å²) >= 11 is 0. The third-order valence-corrected chi connectivity index (χ3v) is 8.17. The van der Waals surface area contributed by atoms with Crippen LogP contribution in [0.3, 0.4) is 0 Å². The number of benzene rings is 1. The first-order chi connectivity index (χ1) is 19.3. The summed E-state index contributed by atoms with van der Waals surface area (Å²) in [6.07, 6.45) is 32.3. The van der Waals surface area contributed by atoms with Crippen molar-refractivity contribution in [2.45, 2.75) is 6.04 Å². The van der Waals surface area contributed by atoms with Gasteiger partial charge in [0.05, 0.1) is 0 Å². The first kappa shape index (κ1) is 22.1. The average molecular weight is 503 g/mol. The van der Waals surface area contributed by atoms with Crippen LogP contribution in [0.4, 0.5) is 11.4 Å². The molecule has 0 saturated carbocycles. The van der Waals surface area contributed by atoms with Crippen molar-refractivity contribution in [1.29, 1.82) is 0 Å². The van der Waals surface area contributed by atoms with E-state index in [0.29, 0.717) is 0 Å². The van der Waals surface area contributed by atoms with Crippen molar-refractivity contribution in [3.63, 3.8) is 0 Å². The Labute approximate surface area is 228 Å². The predicted molar refractivity (Wildman–Crippen MR) is 159 cm³/mol. The number of dihydropyridines is 2. The van der Waals surface area contributed by atoms with E-state index in [1.54, 1.807) is 0 Å². The number of allylic oxidation sites excluding steroid dienone is 13. The van der Waals surface area contributed by atoms with Crippen molar-refractivity contribution < 1.29 is 0 Å². The van der Waals surface area contributed by atoms with Gasteiger partial charge in [0.25, 0.3) is 0 Å². The normalized spacial score (nSPS) is 23.4. The topological polar surface area (TPSA) is 40.5 Å². The number of aromatic nitrogens is 1. The molecule has 186 valence electrons. The van der Waals surface area contributed by atoms with Crippen LogP contribution in [0.2, 0.25) is 0 Å². The van der Waals surface area contributed by atoms with E-state index in [0.717, 1.165) is 23.6 Å². The van der Waals surface area contributed by atoms with E-state index < -0.39 is 0 Å². The summed E-state index contributed by atoms with van der Waals surface area (Å²) in [7, 11) is 0. The van der Waals surface area contributed by atoms with Gasteiger partial charge in [-0.2, -0.15) is 0 Å². The molecule has 0 radical (unpaired) electrons. The number of anilines is 2. The molecule has 2 atom stereocenters. The van der Waals surface area contributed by atoms with Gasteiger partial charge >= 0.3 is 0 Å². The molecule has 4 aliphatic carbocycles. The Bertz CT molecular complexity index is 1730. The first-order valence-corrected chi connectivity index (χ1v) is 13.4. The zero-order valence-electron chi connectivity index (χ0n) is 21.3. The Morgan fingerprint density at radius 3 is 2.54 bits per heavy atom. The molecule has 0 saturated heterocycles. The summed E-state index contributed by atoms with van der Waals surface area (Å²) in [4.78, 5) is 11.3. The second-order valence-electron chi connectivity index (χ2n) is 10.3. The van der Waals surface area contributed by atoms with Gasteiger partial charge in [0, 0.05) is 48.1 Å². The van der Waals surface area contributed by atoms with Crippen LogP contribution in [0.5, 0.6) is 0 Å². The summed E-state index contributed by atoms with van der Waals surface area (Å²) < 4.78 is 0. The second-order valence-corrected chi connectivity index (χ2v) is 10.3. The van der Waals surface area contributed by atoms with Crippen molar-refractivity contribution in [2.75, 3.05) is 11.4 Å². The van der Waals surface area contributed by atoms with E-state index in [1.807, 2.05) is 30.9 Å². The standard InChI is InChI=1S/C35H26N4/c1-2-26-22-25-7-11-31-30(10-5-24-6-12-32(34(25)33(24)31)35(26)38-17-1)23-3-8-27(9-4-23)39(28-13-18-36-19-14-28)29-15-20-37-21-16-29/h1-20,22,33,35,37H,21H2. The Kier molecular flexibility index (Phi) is 4.99. The smallest absolute Gasteiger partial charge is 0.100 e. The molecule has 1 aromatic heterocycles. The molecule has 8 rings (SSSR count). The molecular formula is C35H26N4. The maximum atomic E-state index is 4.83. The highest BCUT2D eigenvalue weighted by Gasteiger charge is 2.38. The minimum absolute atomic E-state index is 0.102. The summed E-state index contributed by atoms with van der Waals surface area (Å²) in [5.74, 6) is 0.252. The molecule has 6 aliphatic rings. The van der Waals surface area contributed by atoms with Crippen LogP contribution < -0.4 is 10.2 Å². The molecule has 39 heavy (non-hydrogen) atoms. The van der Waals surface area contributed by atoms with Crippen LogP contribution in [-0.4, -0.2) is 23.8 Å². The lowest BCUT2D eigenvalue weighted by molar-refractivity contribution is 0.786. The summed E-state index contributed by atoms with van der Waals surface area (Å²) in [6.45, 7) is 0.809. The SMILES string of the molecule is C1=CC2=CC3=C4C(=CC=C5C=CC(c6ccc(N(C7=CCNC=C7)c7ccncc7)cc6)=C(C=C3)C54)C2N=C1. The van der Waals surface area contributed by atoms with Crippen LogP contribution in [0.25, 0.3) is 5.57 Å². The summed E-state index contributed by atoms with van der Waals surface area (Å²) in [5, 5.41) is 3.25. The van der Waals surface area contributed by atoms with Crippen molar-refractivity contribution in [2.24, 2.45) is 10.9 Å². The fraction of sp³-hybridized carbons (Fsp3) is 0.0857. The molecule has 2 aliphatic heterocycles. The molecule has 0 amide bonds. The van der Waals surface area contributed by atoms with Gasteiger partial charge in [-0.1, -0.05) is 54.7 Å². The highest BCUT2D eigenvalue weighted by atomic mass is 15.2. The number of rotatable bonds is 4. The highest BCUT2D eigenvalue weighted by molar-refractivity contribution is 5.87. The van der Waals surface area contributed by atoms with E-state index in [1.165, 1.54) is 44.6 Å². The van der Waals surface area contributed by atoms with E-state index in [2.05, 4.69) is 112 Å². The Balaban J connectivity index is 1.19. The fourth-order valence-electron chi connectivity index (χ4n) is 6.41. The molecule has 2 aromatic rings. The Hall–Kier alpha value is -4.96. The molecule has 4 nitrogen and oxygen atoms in total. The number of nitrogens with zero attached hydrogens (tertiary/aromatic N) is 3. The minimum atomic E-state index is 0.102. The number of hydrogen-bond donors (Lipinski definition) is 1. The van der Waals surface area contributed by atoms with Crippen molar-refractivity contribution in [3.05, 3.63) is 167 Å². The molecule has 1 aromatic carbocycles. The van der Waals surface area contributed by atoms with Gasteiger partial charge in [0.15, 0.2) is 0 Å². The monoisotopic (exact) mass is 502 g/mol. The molecular weight excluding hydrogens is 476 g/mol. The van der Waals surface area contributed by atoms with Crippen LogP contribution in [0.15, 0.2) is 166 Å². The minimum Gasteiger partial charge on any atom is -0.387 e. The average Bonchev–Trinajstić information content (AvgIpc) is 3.01.